The third-order valence-electron chi connectivity index (χ3n) is 4.21. The average Bonchev–Trinajstić information content (AvgIpc) is 2.93. The second-order valence-electron chi connectivity index (χ2n) is 6.93. The van der Waals surface area contributed by atoms with Crippen LogP contribution in [0.25, 0.3) is 5.52 Å². The highest BCUT2D eigenvalue weighted by Gasteiger charge is 2.18. The Hall–Kier alpha value is -1.55. The molecule has 0 amide bonds. The number of nitrogens with two attached hydrogens (primary N) is 1. The van der Waals surface area contributed by atoms with E-state index in [4.69, 9.17) is 10.8 Å². The minimum atomic E-state index is 0. The van der Waals surface area contributed by atoms with Gasteiger partial charge in [-0.15, -0.1) is 0 Å². The van der Waals surface area contributed by atoms with E-state index < -0.39 is 0 Å². The van der Waals surface area contributed by atoms with Gasteiger partial charge in [-0.1, -0.05) is 6.07 Å². The highest BCUT2D eigenvalue weighted by molar-refractivity contribution is 5.73. The van der Waals surface area contributed by atoms with Crippen LogP contribution in [0.15, 0.2) is 12.1 Å². The van der Waals surface area contributed by atoms with Crippen LogP contribution in [-0.4, -0.2) is 41.8 Å². The van der Waals surface area contributed by atoms with Crippen LogP contribution in [0.4, 0.5) is 5.69 Å². The number of hydrogen-bond acceptors (Lipinski definition) is 2. The first-order chi connectivity index (χ1) is 9.46. The zero-order valence-electron chi connectivity index (χ0n) is 13.8. The quantitative estimate of drug-likeness (QED) is 0.694. The number of pyridine rings is 1. The summed E-state index contributed by atoms with van der Waals surface area (Å²) in [6, 6.07) is 4.36. The first-order valence-electron chi connectivity index (χ1n) is 7.54. The minimum absolute atomic E-state index is 0. The largest absolute Gasteiger partial charge is 0.395 e. The van der Waals surface area contributed by atoms with E-state index >= 15 is 0 Å². The molecule has 0 unspecified atom stereocenters. The Balaban J connectivity index is 0.00000161. The van der Waals surface area contributed by atoms with Crippen molar-refractivity contribution in [1.29, 1.82) is 0 Å². The second-order valence-corrected chi connectivity index (χ2v) is 6.93. The Morgan fingerprint density at radius 2 is 2.00 bits per heavy atom. The lowest BCUT2D eigenvalue weighted by Gasteiger charge is -2.23. The molecule has 2 aromatic rings. The Bertz CT molecular complexity index is 634. The zero-order chi connectivity index (χ0) is 14.3. The van der Waals surface area contributed by atoms with Gasteiger partial charge in [-0.3, -0.25) is 0 Å². The fourth-order valence-corrected chi connectivity index (χ4v) is 3.11. The van der Waals surface area contributed by atoms with E-state index in [0.717, 1.165) is 47.2 Å². The molecule has 0 saturated heterocycles. The van der Waals surface area contributed by atoms with Gasteiger partial charge < -0.3 is 17.6 Å². The van der Waals surface area contributed by atoms with Crippen molar-refractivity contribution in [2.75, 3.05) is 33.4 Å². The fourth-order valence-electron chi connectivity index (χ4n) is 3.11. The number of nitrogens with zero attached hydrogens (tertiary/aromatic N) is 3. The van der Waals surface area contributed by atoms with Crippen LogP contribution in [0.3, 0.4) is 0 Å². The highest BCUT2D eigenvalue weighted by Crippen LogP contribution is 2.27. The molecule has 21 heavy (non-hydrogen) atoms. The summed E-state index contributed by atoms with van der Waals surface area (Å²) in [7, 11) is 6.67. The van der Waals surface area contributed by atoms with E-state index in [2.05, 4.69) is 37.8 Å². The predicted octanol–water partition coefficient (Wildman–Crippen LogP) is 2.49. The summed E-state index contributed by atoms with van der Waals surface area (Å²) in [6.45, 7) is 1.14. The Labute approximate surface area is 128 Å². The van der Waals surface area contributed by atoms with Crippen LogP contribution < -0.4 is 5.73 Å². The summed E-state index contributed by atoms with van der Waals surface area (Å²) in [5.74, 6) is 0. The molecule has 4 nitrogen and oxygen atoms in total. The van der Waals surface area contributed by atoms with E-state index in [0.29, 0.717) is 0 Å². The van der Waals surface area contributed by atoms with Crippen molar-refractivity contribution < 1.29 is 4.48 Å². The van der Waals surface area contributed by atoms with Gasteiger partial charge in [0.15, 0.2) is 0 Å². The lowest BCUT2D eigenvalue weighted by Crippen LogP contribution is -2.35. The van der Waals surface area contributed by atoms with Crippen molar-refractivity contribution in [2.45, 2.75) is 32.1 Å². The Morgan fingerprint density at radius 3 is 2.71 bits per heavy atom. The molecule has 0 spiro atoms. The van der Waals surface area contributed by atoms with Crippen molar-refractivity contribution >= 4 is 11.2 Å². The lowest BCUT2D eigenvalue weighted by atomic mass is 10.1. The monoisotopic (exact) mass is 288 g/mol. The maximum absolute atomic E-state index is 6.29. The topological polar surface area (TPSA) is 43.3 Å². The van der Waals surface area contributed by atoms with E-state index in [9.17, 15) is 0 Å². The molecule has 2 N–H and O–H groups in total. The SMILES string of the molecule is C[N+](C)(C)CCCc1nn2c3c(ccc2c1N)CCC3.[CH3-]. The van der Waals surface area contributed by atoms with E-state index in [1.165, 1.54) is 24.1 Å². The van der Waals surface area contributed by atoms with Gasteiger partial charge in [-0.2, -0.15) is 5.10 Å². The smallest absolute Gasteiger partial charge is 0.0897 e. The third-order valence-corrected chi connectivity index (χ3v) is 4.21. The molecule has 0 saturated carbocycles. The minimum Gasteiger partial charge on any atom is -0.395 e. The van der Waals surface area contributed by atoms with Crippen molar-refractivity contribution in [2.24, 2.45) is 0 Å². The van der Waals surface area contributed by atoms with Crippen LogP contribution in [-0.2, 0) is 19.3 Å². The molecule has 0 fully saturated rings. The molecule has 0 atom stereocenters. The molecule has 3 rings (SSSR count). The van der Waals surface area contributed by atoms with Crippen molar-refractivity contribution in [1.82, 2.24) is 9.61 Å². The maximum Gasteiger partial charge on any atom is 0.0897 e. The second kappa shape index (κ2) is 5.68. The summed E-state index contributed by atoms with van der Waals surface area (Å²) in [5.41, 5.74) is 12.1. The predicted molar refractivity (Wildman–Crippen MR) is 89.3 cm³/mol. The fraction of sp³-hybridized carbons (Fsp3) is 0.529. The summed E-state index contributed by atoms with van der Waals surface area (Å²) in [5, 5.41) is 4.79. The number of rotatable bonds is 4. The average molecular weight is 288 g/mol. The maximum atomic E-state index is 6.29. The van der Waals surface area contributed by atoms with Crippen molar-refractivity contribution in [3.8, 4) is 0 Å². The molecule has 1 aliphatic carbocycles. The van der Waals surface area contributed by atoms with Gasteiger partial charge in [-0.05, 0) is 37.3 Å². The number of aryl methyl sites for hydroxylation is 3. The number of anilines is 1. The third kappa shape index (κ3) is 3.05. The van der Waals surface area contributed by atoms with Gasteiger partial charge in [-0.25, -0.2) is 4.52 Å². The van der Waals surface area contributed by atoms with Crippen molar-refractivity contribution in [3.63, 3.8) is 0 Å². The number of aromatic nitrogens is 2. The molecule has 0 bridgehead atoms. The van der Waals surface area contributed by atoms with Crippen LogP contribution in [0, 0.1) is 7.43 Å². The molecule has 0 radical (unpaired) electrons. The normalized spacial score (nSPS) is 14.2. The summed E-state index contributed by atoms with van der Waals surface area (Å²) < 4.78 is 3.08. The molecular weight excluding hydrogens is 260 g/mol. The number of quaternary nitrogens is 1. The number of nitrogen functional groups attached to an aromatic ring is 1. The van der Waals surface area contributed by atoms with Crippen LogP contribution >= 0.6 is 0 Å². The highest BCUT2D eigenvalue weighted by atomic mass is 15.3. The van der Waals surface area contributed by atoms with E-state index in [1.54, 1.807) is 0 Å². The van der Waals surface area contributed by atoms with Gasteiger partial charge in [0.2, 0.25) is 0 Å². The summed E-state index contributed by atoms with van der Waals surface area (Å²) >= 11 is 0. The molecule has 0 aromatic carbocycles. The van der Waals surface area contributed by atoms with Gasteiger partial charge in [0.25, 0.3) is 0 Å². The van der Waals surface area contributed by atoms with E-state index in [1.807, 2.05) is 0 Å². The van der Waals surface area contributed by atoms with Crippen LogP contribution in [0.2, 0.25) is 0 Å². The van der Waals surface area contributed by atoms with Gasteiger partial charge in [0.1, 0.15) is 0 Å². The van der Waals surface area contributed by atoms with Gasteiger partial charge >= 0.3 is 0 Å². The molecule has 0 aliphatic heterocycles. The summed E-state index contributed by atoms with van der Waals surface area (Å²) in [6.07, 6.45) is 5.65. The number of hydrogen-bond donors (Lipinski definition) is 1. The molecule has 2 aromatic heterocycles. The molecule has 2 heterocycles. The first kappa shape index (κ1) is 15.8. The van der Waals surface area contributed by atoms with E-state index in [-0.39, 0.29) is 7.43 Å². The zero-order valence-corrected chi connectivity index (χ0v) is 13.8. The lowest BCUT2D eigenvalue weighted by molar-refractivity contribution is -0.870. The number of fused-ring (bicyclic) bond motifs is 3. The molecule has 116 valence electrons. The van der Waals surface area contributed by atoms with Crippen molar-refractivity contribution in [3.05, 3.63) is 36.5 Å². The van der Waals surface area contributed by atoms with Gasteiger partial charge in [0.05, 0.1) is 44.6 Å². The van der Waals surface area contributed by atoms with Crippen LogP contribution in [0.1, 0.15) is 29.8 Å². The Morgan fingerprint density at radius 1 is 1.24 bits per heavy atom. The molecular formula is C17H28N4. The van der Waals surface area contributed by atoms with Crippen LogP contribution in [0.5, 0.6) is 0 Å². The molecule has 4 heteroatoms. The standard InChI is InChI=1S/C16H25N4.CH3/c1-20(2,3)11-5-7-13-16(17)15-10-9-12-6-4-8-14(12)19(15)18-13;/h9-10H,4-8,11,17H2,1-3H3;1H3/q+1;-1. The Kier molecular flexibility index (Phi) is 4.28. The molecule has 1 aliphatic rings. The first-order valence-corrected chi connectivity index (χ1v) is 7.54. The summed E-state index contributed by atoms with van der Waals surface area (Å²) in [4.78, 5) is 0. The van der Waals surface area contributed by atoms with Gasteiger partial charge in [0, 0.05) is 12.1 Å².